The van der Waals surface area contributed by atoms with Gasteiger partial charge in [-0.3, -0.25) is 4.79 Å². The summed E-state index contributed by atoms with van der Waals surface area (Å²) in [5.74, 6) is 0.686. The first-order valence-corrected chi connectivity index (χ1v) is 8.31. The molecule has 0 saturated heterocycles. The lowest BCUT2D eigenvalue weighted by atomic mass is 10.0. The third-order valence-electron chi connectivity index (χ3n) is 4.25. The van der Waals surface area contributed by atoms with E-state index in [4.69, 9.17) is 4.74 Å². The van der Waals surface area contributed by atoms with Crippen molar-refractivity contribution in [1.82, 2.24) is 14.8 Å². The molecule has 5 nitrogen and oxygen atoms in total. The van der Waals surface area contributed by atoms with Crippen LogP contribution in [0.1, 0.15) is 25.0 Å². The van der Waals surface area contributed by atoms with Gasteiger partial charge in [0.05, 0.1) is 12.2 Å². The Bertz CT molecular complexity index is 978. The Kier molecular flexibility index (Phi) is 3.64. The van der Waals surface area contributed by atoms with Crippen molar-refractivity contribution in [1.29, 1.82) is 0 Å². The lowest BCUT2D eigenvalue weighted by molar-refractivity contribution is 0.133. The van der Waals surface area contributed by atoms with E-state index in [0.29, 0.717) is 12.4 Å². The second-order valence-electron chi connectivity index (χ2n) is 6.93. The topological polar surface area (TPSA) is 57.0 Å². The molecule has 0 spiro atoms. The fourth-order valence-electron chi connectivity index (χ4n) is 3.09. The number of pyridine rings is 1. The van der Waals surface area contributed by atoms with Crippen LogP contribution in [0, 0.1) is 0 Å². The van der Waals surface area contributed by atoms with Crippen LogP contribution in [0.25, 0.3) is 11.3 Å². The molecular weight excluding hydrogens is 314 g/mol. The van der Waals surface area contributed by atoms with Gasteiger partial charge in [0.15, 0.2) is 0 Å². The summed E-state index contributed by atoms with van der Waals surface area (Å²) in [5.41, 5.74) is 3.39. The van der Waals surface area contributed by atoms with Gasteiger partial charge in [0.2, 0.25) is 5.88 Å². The normalized spacial score (nSPS) is 14.8. The highest BCUT2D eigenvalue weighted by Crippen LogP contribution is 2.34. The fourth-order valence-corrected chi connectivity index (χ4v) is 3.09. The van der Waals surface area contributed by atoms with Gasteiger partial charge in [0, 0.05) is 29.8 Å². The minimum atomic E-state index is -0.229. The lowest BCUT2D eigenvalue weighted by Crippen LogP contribution is -2.24. The molecule has 0 unspecified atom stereocenters. The first kappa shape index (κ1) is 15.6. The van der Waals surface area contributed by atoms with Crippen molar-refractivity contribution in [2.45, 2.75) is 32.4 Å². The van der Waals surface area contributed by atoms with Crippen molar-refractivity contribution >= 4 is 0 Å². The molecule has 126 valence electrons. The minimum Gasteiger partial charge on any atom is -0.471 e. The number of benzene rings is 1. The van der Waals surface area contributed by atoms with Crippen LogP contribution in [0.15, 0.2) is 59.5 Å². The van der Waals surface area contributed by atoms with Crippen LogP contribution in [-0.2, 0) is 13.0 Å². The second-order valence-corrected chi connectivity index (χ2v) is 6.93. The zero-order chi connectivity index (χ0) is 17.4. The van der Waals surface area contributed by atoms with Gasteiger partial charge in [-0.05, 0) is 31.5 Å². The molecule has 0 aliphatic carbocycles. The molecule has 0 saturated carbocycles. The van der Waals surface area contributed by atoms with Gasteiger partial charge in [0.25, 0.3) is 5.56 Å². The highest BCUT2D eigenvalue weighted by molar-refractivity contribution is 5.60. The first-order chi connectivity index (χ1) is 12.0. The average molecular weight is 333 g/mol. The lowest BCUT2D eigenvalue weighted by Gasteiger charge is -2.15. The van der Waals surface area contributed by atoms with Gasteiger partial charge in [-0.25, -0.2) is 9.67 Å². The molecule has 1 aliphatic heterocycles. The Morgan fingerprint density at radius 1 is 1.16 bits per heavy atom. The third-order valence-corrected chi connectivity index (χ3v) is 4.25. The third kappa shape index (κ3) is 3.18. The van der Waals surface area contributed by atoms with Crippen LogP contribution in [0.5, 0.6) is 5.88 Å². The van der Waals surface area contributed by atoms with Crippen molar-refractivity contribution in [3.63, 3.8) is 0 Å². The van der Waals surface area contributed by atoms with E-state index in [1.807, 2.05) is 44.2 Å². The van der Waals surface area contributed by atoms with E-state index in [1.165, 1.54) is 4.68 Å². The van der Waals surface area contributed by atoms with Gasteiger partial charge in [0.1, 0.15) is 5.60 Å². The molecule has 0 fully saturated rings. The largest absolute Gasteiger partial charge is 0.471 e. The summed E-state index contributed by atoms with van der Waals surface area (Å²) in [6.45, 7) is 4.54. The summed E-state index contributed by atoms with van der Waals surface area (Å²) >= 11 is 0. The van der Waals surface area contributed by atoms with Crippen molar-refractivity contribution in [2.24, 2.45) is 0 Å². The Hall–Kier alpha value is -2.95. The molecule has 0 bridgehead atoms. The molecule has 1 aliphatic rings. The fraction of sp³-hybridized carbons (Fsp3) is 0.250. The molecular formula is C20H19N3O2. The van der Waals surface area contributed by atoms with E-state index in [0.717, 1.165) is 28.8 Å². The molecule has 5 heteroatoms. The predicted octanol–water partition coefficient (Wildman–Crippen LogP) is 3.07. The van der Waals surface area contributed by atoms with Gasteiger partial charge in [-0.15, -0.1) is 0 Å². The molecule has 3 aromatic rings. The van der Waals surface area contributed by atoms with E-state index in [9.17, 15) is 4.79 Å². The summed E-state index contributed by atoms with van der Waals surface area (Å²) in [6, 6.07) is 15.2. The van der Waals surface area contributed by atoms with Crippen molar-refractivity contribution in [3.8, 4) is 17.1 Å². The molecule has 0 atom stereocenters. The van der Waals surface area contributed by atoms with Gasteiger partial charge >= 0.3 is 0 Å². The Balaban J connectivity index is 1.68. The maximum atomic E-state index is 12.1. The SMILES string of the molecule is CC1(C)Cc2cc(-c3ccc(=O)n(Cc4ccccc4)n3)cnc2O1. The summed E-state index contributed by atoms with van der Waals surface area (Å²) in [5, 5.41) is 4.52. The van der Waals surface area contributed by atoms with Crippen molar-refractivity contribution in [3.05, 3.63) is 76.2 Å². The van der Waals surface area contributed by atoms with Crippen LogP contribution in [0.2, 0.25) is 0 Å². The number of hydrogen-bond donors (Lipinski definition) is 0. The molecule has 0 N–H and O–H groups in total. The van der Waals surface area contributed by atoms with Crippen LogP contribution in [-0.4, -0.2) is 20.4 Å². The number of fused-ring (bicyclic) bond motifs is 1. The number of hydrogen-bond acceptors (Lipinski definition) is 4. The van der Waals surface area contributed by atoms with E-state index in [-0.39, 0.29) is 11.2 Å². The van der Waals surface area contributed by atoms with Crippen LogP contribution >= 0.6 is 0 Å². The molecule has 4 rings (SSSR count). The monoisotopic (exact) mass is 333 g/mol. The zero-order valence-electron chi connectivity index (χ0n) is 14.3. The van der Waals surface area contributed by atoms with E-state index < -0.39 is 0 Å². The van der Waals surface area contributed by atoms with Gasteiger partial charge in [-0.1, -0.05) is 30.3 Å². The van der Waals surface area contributed by atoms with E-state index in [1.54, 1.807) is 18.3 Å². The average Bonchev–Trinajstić information content (AvgIpc) is 2.90. The molecule has 2 aromatic heterocycles. The number of rotatable bonds is 3. The molecule has 25 heavy (non-hydrogen) atoms. The number of nitrogens with zero attached hydrogens (tertiary/aromatic N) is 3. The van der Waals surface area contributed by atoms with Gasteiger partial charge < -0.3 is 4.74 Å². The smallest absolute Gasteiger partial charge is 0.267 e. The van der Waals surface area contributed by atoms with Crippen LogP contribution < -0.4 is 10.3 Å². The second kappa shape index (κ2) is 5.84. The Labute approximate surface area is 145 Å². The summed E-state index contributed by atoms with van der Waals surface area (Å²) in [4.78, 5) is 16.6. The standard InChI is InChI=1S/C20H19N3O2/c1-20(2)11-15-10-16(12-21-19(15)25-20)17-8-9-18(24)23(22-17)13-14-6-4-3-5-7-14/h3-10,12H,11,13H2,1-2H3. The molecule has 3 heterocycles. The maximum absolute atomic E-state index is 12.1. The van der Waals surface area contributed by atoms with Crippen LogP contribution in [0.3, 0.4) is 0 Å². The number of ether oxygens (including phenoxy) is 1. The summed E-state index contributed by atoms with van der Waals surface area (Å²) < 4.78 is 7.30. The highest BCUT2D eigenvalue weighted by Gasteiger charge is 2.31. The maximum Gasteiger partial charge on any atom is 0.267 e. The predicted molar refractivity (Wildman–Crippen MR) is 95.7 cm³/mol. The molecule has 1 aromatic carbocycles. The quantitative estimate of drug-likeness (QED) is 0.739. The zero-order valence-corrected chi connectivity index (χ0v) is 14.3. The van der Waals surface area contributed by atoms with Gasteiger partial charge in [-0.2, -0.15) is 5.10 Å². The molecule has 0 radical (unpaired) electrons. The first-order valence-electron chi connectivity index (χ1n) is 8.31. The molecule has 0 amide bonds. The van der Waals surface area contributed by atoms with E-state index >= 15 is 0 Å². The Morgan fingerprint density at radius 3 is 2.76 bits per heavy atom. The minimum absolute atomic E-state index is 0.119. The van der Waals surface area contributed by atoms with Crippen molar-refractivity contribution < 1.29 is 4.74 Å². The van der Waals surface area contributed by atoms with Crippen molar-refractivity contribution in [2.75, 3.05) is 0 Å². The van der Waals surface area contributed by atoms with Crippen LogP contribution in [0.4, 0.5) is 0 Å². The summed E-state index contributed by atoms with van der Waals surface area (Å²) in [6.07, 6.45) is 2.56. The van der Waals surface area contributed by atoms with E-state index in [2.05, 4.69) is 16.1 Å². The highest BCUT2D eigenvalue weighted by atomic mass is 16.5. The Morgan fingerprint density at radius 2 is 1.96 bits per heavy atom. The number of aromatic nitrogens is 3. The summed E-state index contributed by atoms with van der Waals surface area (Å²) in [7, 11) is 0.